The maximum absolute atomic E-state index is 10.3. The third-order valence-corrected chi connectivity index (χ3v) is 1.91. The Morgan fingerprint density at radius 2 is 2.27 bits per heavy atom. The van der Waals surface area contributed by atoms with Gasteiger partial charge in [-0.25, -0.2) is 4.79 Å². The van der Waals surface area contributed by atoms with E-state index in [9.17, 15) is 4.79 Å². The van der Waals surface area contributed by atoms with Crippen molar-refractivity contribution in [3.05, 3.63) is 23.8 Å². The number of benzene rings is 1. The van der Waals surface area contributed by atoms with Crippen LogP contribution in [0.25, 0.3) is 0 Å². The molecule has 0 bridgehead atoms. The van der Waals surface area contributed by atoms with Crippen LogP contribution in [-0.2, 0) is 4.74 Å². The molecule has 0 saturated heterocycles. The lowest BCUT2D eigenvalue weighted by atomic mass is 10.2. The summed E-state index contributed by atoms with van der Waals surface area (Å²) in [4.78, 5) is 10.3. The third-order valence-electron chi connectivity index (χ3n) is 1.91. The van der Waals surface area contributed by atoms with E-state index >= 15 is 0 Å². The summed E-state index contributed by atoms with van der Waals surface area (Å²) in [6, 6.07) is 5.57. The van der Waals surface area contributed by atoms with Gasteiger partial charge in [0.05, 0.1) is 0 Å². The standard InChI is InChI=1S/C10H15N3O2/c1-7-6-8(11)2-3-9(7)13-4-5-15-10(12)14/h2-3,6,13H,4-5,11H2,1H3,(H2,12,14). The zero-order valence-electron chi connectivity index (χ0n) is 8.62. The first kappa shape index (κ1) is 11.2. The summed E-state index contributed by atoms with van der Waals surface area (Å²) in [5, 5.41) is 3.11. The van der Waals surface area contributed by atoms with Gasteiger partial charge in [-0.05, 0) is 30.7 Å². The molecule has 82 valence electrons. The summed E-state index contributed by atoms with van der Waals surface area (Å²) in [7, 11) is 0. The Morgan fingerprint density at radius 1 is 1.53 bits per heavy atom. The number of hydrogen-bond donors (Lipinski definition) is 3. The van der Waals surface area contributed by atoms with Crippen LogP contribution in [0.4, 0.5) is 16.2 Å². The van der Waals surface area contributed by atoms with E-state index < -0.39 is 6.09 Å². The first-order chi connectivity index (χ1) is 7.09. The maximum Gasteiger partial charge on any atom is 0.404 e. The monoisotopic (exact) mass is 209 g/mol. The largest absolute Gasteiger partial charge is 0.448 e. The molecule has 0 fully saturated rings. The lowest BCUT2D eigenvalue weighted by Crippen LogP contribution is -2.18. The van der Waals surface area contributed by atoms with Crippen LogP contribution in [-0.4, -0.2) is 19.2 Å². The predicted molar refractivity (Wildman–Crippen MR) is 59.6 cm³/mol. The van der Waals surface area contributed by atoms with E-state index in [1.165, 1.54) is 0 Å². The lowest BCUT2D eigenvalue weighted by Gasteiger charge is -2.09. The summed E-state index contributed by atoms with van der Waals surface area (Å²) in [6.45, 7) is 2.72. The van der Waals surface area contributed by atoms with Crippen LogP contribution in [0.1, 0.15) is 5.56 Å². The Morgan fingerprint density at radius 3 is 2.87 bits per heavy atom. The van der Waals surface area contributed by atoms with Crippen molar-refractivity contribution in [3.63, 3.8) is 0 Å². The quantitative estimate of drug-likeness (QED) is 0.511. The van der Waals surface area contributed by atoms with E-state index in [4.69, 9.17) is 11.5 Å². The number of primary amides is 1. The SMILES string of the molecule is Cc1cc(N)ccc1NCCOC(N)=O. The second-order valence-electron chi connectivity index (χ2n) is 3.17. The number of carbonyl (C=O) groups excluding carboxylic acids is 1. The highest BCUT2D eigenvalue weighted by Crippen LogP contribution is 2.16. The van der Waals surface area contributed by atoms with E-state index in [2.05, 4.69) is 10.1 Å². The average Bonchev–Trinajstić information content (AvgIpc) is 2.14. The molecule has 0 unspecified atom stereocenters. The summed E-state index contributed by atoms with van der Waals surface area (Å²) >= 11 is 0. The molecule has 0 saturated carbocycles. The molecule has 1 aromatic carbocycles. The van der Waals surface area contributed by atoms with Crippen molar-refractivity contribution in [1.82, 2.24) is 0 Å². The van der Waals surface area contributed by atoms with Gasteiger partial charge in [0.25, 0.3) is 0 Å². The molecule has 0 atom stereocenters. The Balaban J connectivity index is 2.40. The van der Waals surface area contributed by atoms with Gasteiger partial charge in [-0.15, -0.1) is 0 Å². The highest BCUT2D eigenvalue weighted by molar-refractivity contribution is 5.64. The first-order valence-electron chi connectivity index (χ1n) is 4.62. The van der Waals surface area contributed by atoms with Crippen molar-refractivity contribution in [2.45, 2.75) is 6.92 Å². The smallest absolute Gasteiger partial charge is 0.404 e. The van der Waals surface area contributed by atoms with Crippen LogP contribution in [0.5, 0.6) is 0 Å². The van der Waals surface area contributed by atoms with E-state index in [1.807, 2.05) is 25.1 Å². The molecule has 1 aromatic rings. The van der Waals surface area contributed by atoms with Crippen LogP contribution in [0, 0.1) is 6.92 Å². The van der Waals surface area contributed by atoms with Crippen molar-refractivity contribution in [3.8, 4) is 0 Å². The van der Waals surface area contributed by atoms with Crippen molar-refractivity contribution < 1.29 is 9.53 Å². The van der Waals surface area contributed by atoms with Gasteiger partial charge in [-0.1, -0.05) is 0 Å². The number of carbonyl (C=O) groups is 1. The summed E-state index contributed by atoms with van der Waals surface area (Å²) < 4.78 is 4.58. The Kier molecular flexibility index (Phi) is 3.79. The number of ether oxygens (including phenoxy) is 1. The Hall–Kier alpha value is -1.91. The average molecular weight is 209 g/mol. The molecule has 15 heavy (non-hydrogen) atoms. The second-order valence-corrected chi connectivity index (χ2v) is 3.17. The van der Waals surface area contributed by atoms with Gasteiger partial charge in [0.15, 0.2) is 0 Å². The first-order valence-corrected chi connectivity index (χ1v) is 4.62. The highest BCUT2D eigenvalue weighted by Gasteiger charge is 1.98. The normalized spacial score (nSPS) is 9.67. The zero-order valence-corrected chi connectivity index (χ0v) is 8.62. The fourth-order valence-corrected chi connectivity index (χ4v) is 1.22. The Labute approximate surface area is 88.4 Å². The molecular weight excluding hydrogens is 194 g/mol. The molecule has 5 nitrogen and oxygen atoms in total. The minimum absolute atomic E-state index is 0.249. The van der Waals surface area contributed by atoms with Gasteiger partial charge < -0.3 is 21.5 Å². The van der Waals surface area contributed by atoms with E-state index in [-0.39, 0.29) is 6.61 Å². The van der Waals surface area contributed by atoms with Gasteiger partial charge in [0.2, 0.25) is 0 Å². The molecule has 0 aromatic heterocycles. The fourth-order valence-electron chi connectivity index (χ4n) is 1.22. The second kappa shape index (κ2) is 5.09. The Bertz CT molecular complexity index is 353. The van der Waals surface area contributed by atoms with Crippen molar-refractivity contribution >= 4 is 17.5 Å². The van der Waals surface area contributed by atoms with Crippen LogP contribution in [0.15, 0.2) is 18.2 Å². The van der Waals surface area contributed by atoms with Gasteiger partial charge in [-0.2, -0.15) is 0 Å². The van der Waals surface area contributed by atoms with Gasteiger partial charge >= 0.3 is 6.09 Å². The summed E-state index contributed by atoms with van der Waals surface area (Å²) in [5.41, 5.74) is 13.2. The number of amides is 1. The maximum atomic E-state index is 10.3. The minimum atomic E-state index is -0.758. The summed E-state index contributed by atoms with van der Waals surface area (Å²) in [6.07, 6.45) is -0.758. The molecule has 0 radical (unpaired) electrons. The van der Waals surface area contributed by atoms with Crippen LogP contribution in [0.2, 0.25) is 0 Å². The van der Waals surface area contributed by atoms with Gasteiger partial charge in [0, 0.05) is 17.9 Å². The van der Waals surface area contributed by atoms with Crippen molar-refractivity contribution in [1.29, 1.82) is 0 Å². The number of aryl methyl sites for hydroxylation is 1. The molecule has 0 aliphatic carbocycles. The highest BCUT2D eigenvalue weighted by atomic mass is 16.5. The topological polar surface area (TPSA) is 90.4 Å². The van der Waals surface area contributed by atoms with E-state index in [0.717, 1.165) is 16.9 Å². The van der Waals surface area contributed by atoms with E-state index in [0.29, 0.717) is 6.54 Å². The van der Waals surface area contributed by atoms with Crippen LogP contribution >= 0.6 is 0 Å². The summed E-state index contributed by atoms with van der Waals surface area (Å²) in [5.74, 6) is 0. The number of nitrogens with one attached hydrogen (secondary N) is 1. The molecule has 0 heterocycles. The minimum Gasteiger partial charge on any atom is -0.448 e. The number of nitrogens with two attached hydrogens (primary N) is 2. The number of hydrogen-bond acceptors (Lipinski definition) is 4. The molecule has 1 rings (SSSR count). The lowest BCUT2D eigenvalue weighted by molar-refractivity contribution is 0.161. The molecule has 5 heteroatoms. The van der Waals surface area contributed by atoms with Gasteiger partial charge in [0.1, 0.15) is 6.61 Å². The van der Waals surface area contributed by atoms with Crippen LogP contribution < -0.4 is 16.8 Å². The molecule has 0 aliphatic rings. The van der Waals surface area contributed by atoms with Crippen LogP contribution in [0.3, 0.4) is 0 Å². The molecule has 1 amide bonds. The number of rotatable bonds is 4. The zero-order chi connectivity index (χ0) is 11.3. The molecular formula is C10H15N3O2. The number of anilines is 2. The van der Waals surface area contributed by atoms with Crippen molar-refractivity contribution in [2.75, 3.05) is 24.2 Å². The van der Waals surface area contributed by atoms with Crippen molar-refractivity contribution in [2.24, 2.45) is 5.73 Å². The van der Waals surface area contributed by atoms with Gasteiger partial charge in [-0.3, -0.25) is 0 Å². The molecule has 0 aliphatic heterocycles. The molecule has 0 spiro atoms. The van der Waals surface area contributed by atoms with E-state index in [1.54, 1.807) is 0 Å². The molecule has 5 N–H and O–H groups in total. The third kappa shape index (κ3) is 3.76. The predicted octanol–water partition coefficient (Wildman–Crippen LogP) is 1.08. The number of nitrogen functional groups attached to an aromatic ring is 1. The fraction of sp³-hybridized carbons (Fsp3) is 0.300.